The standard InChI is InChI=1S/C28H38N2O3/c1-9-17(3)19-12-11-13-20(25(19)18(4)10-2)26-22-14-23(31)21(27(32)33)15-30(22)24(16-29(26)8)28(5,6)7/h11-15,17,24H,9-10,16H2,1-8H3,(H,32,33)/b25-18-,26-20-. The lowest BCUT2D eigenvalue weighted by Crippen LogP contribution is -2.46. The second-order valence-corrected chi connectivity index (χ2v) is 10.5. The second-order valence-electron chi connectivity index (χ2n) is 10.5. The van der Waals surface area contributed by atoms with Gasteiger partial charge in [0.2, 0.25) is 0 Å². The lowest BCUT2D eigenvalue weighted by Gasteiger charge is -2.43. The normalized spacial score (nSPS) is 19.8. The SMILES string of the molecule is CC/C(C)=c1/c(C(C)CC)ccc/c1=C1\c2cc(=O)c(C(=O)O)cn2C(C(C)(C)C)CN1C. The summed E-state index contributed by atoms with van der Waals surface area (Å²) < 4.78 is 2.03. The summed E-state index contributed by atoms with van der Waals surface area (Å²) in [6.07, 6.45) is 3.53. The fraction of sp³-hybridized carbons (Fsp3) is 0.500. The van der Waals surface area contributed by atoms with E-state index >= 15 is 0 Å². The van der Waals surface area contributed by atoms with Gasteiger partial charge in [0, 0.05) is 31.1 Å². The molecule has 0 saturated carbocycles. The lowest BCUT2D eigenvalue weighted by atomic mass is 9.84. The van der Waals surface area contributed by atoms with E-state index in [0.717, 1.165) is 36.0 Å². The maximum atomic E-state index is 12.8. The van der Waals surface area contributed by atoms with Crippen molar-refractivity contribution in [2.24, 2.45) is 5.41 Å². The molecule has 0 aliphatic carbocycles. The molecule has 1 aliphatic rings. The van der Waals surface area contributed by atoms with Gasteiger partial charge in [-0.1, -0.05) is 65.3 Å². The minimum absolute atomic E-state index is 0.0254. The van der Waals surface area contributed by atoms with Gasteiger partial charge in [-0.05, 0) is 41.9 Å². The quantitative estimate of drug-likeness (QED) is 0.753. The number of carboxylic acids is 1. The van der Waals surface area contributed by atoms with Crippen molar-refractivity contribution in [3.8, 4) is 0 Å². The van der Waals surface area contributed by atoms with Crippen LogP contribution >= 0.6 is 0 Å². The lowest BCUT2D eigenvalue weighted by molar-refractivity contribution is 0.0693. The van der Waals surface area contributed by atoms with Crippen LogP contribution in [0.1, 0.15) is 94.9 Å². The van der Waals surface area contributed by atoms with Gasteiger partial charge in [-0.15, -0.1) is 0 Å². The summed E-state index contributed by atoms with van der Waals surface area (Å²) in [5.74, 6) is -0.770. The Morgan fingerprint density at radius 3 is 2.45 bits per heavy atom. The molecule has 2 atom stereocenters. The fourth-order valence-electron chi connectivity index (χ4n) is 4.88. The van der Waals surface area contributed by atoms with E-state index in [0.29, 0.717) is 5.92 Å². The topological polar surface area (TPSA) is 62.5 Å². The van der Waals surface area contributed by atoms with Crippen molar-refractivity contribution >= 4 is 17.2 Å². The van der Waals surface area contributed by atoms with E-state index in [1.165, 1.54) is 22.4 Å². The van der Waals surface area contributed by atoms with Crippen LogP contribution in [0.25, 0.3) is 11.3 Å². The largest absolute Gasteiger partial charge is 0.477 e. The fourth-order valence-corrected chi connectivity index (χ4v) is 4.88. The number of hydrogen-bond acceptors (Lipinski definition) is 3. The van der Waals surface area contributed by atoms with Crippen LogP contribution < -0.4 is 15.9 Å². The van der Waals surface area contributed by atoms with Crippen molar-refractivity contribution < 1.29 is 9.90 Å². The Balaban J connectivity index is 2.57. The van der Waals surface area contributed by atoms with Gasteiger partial charge in [-0.2, -0.15) is 0 Å². The average Bonchev–Trinajstić information content (AvgIpc) is 2.75. The Morgan fingerprint density at radius 2 is 1.91 bits per heavy atom. The van der Waals surface area contributed by atoms with Crippen LogP contribution in [-0.4, -0.2) is 34.1 Å². The zero-order chi connectivity index (χ0) is 24.7. The van der Waals surface area contributed by atoms with Crippen LogP contribution in [-0.2, 0) is 0 Å². The van der Waals surface area contributed by atoms with Gasteiger partial charge in [0.15, 0.2) is 5.43 Å². The maximum absolute atomic E-state index is 12.8. The highest BCUT2D eigenvalue weighted by Crippen LogP contribution is 2.37. The number of pyridine rings is 1. The second kappa shape index (κ2) is 9.20. The van der Waals surface area contributed by atoms with Crippen LogP contribution in [0.15, 0.2) is 35.3 Å². The molecule has 0 fully saturated rings. The first kappa shape index (κ1) is 24.8. The molecule has 2 heterocycles. The van der Waals surface area contributed by atoms with Crippen LogP contribution in [0.3, 0.4) is 0 Å². The molecule has 5 nitrogen and oxygen atoms in total. The summed E-state index contributed by atoms with van der Waals surface area (Å²) >= 11 is 0. The van der Waals surface area contributed by atoms with Gasteiger partial charge in [-0.3, -0.25) is 4.79 Å². The van der Waals surface area contributed by atoms with Crippen molar-refractivity contribution in [3.63, 3.8) is 0 Å². The van der Waals surface area contributed by atoms with E-state index in [4.69, 9.17) is 0 Å². The van der Waals surface area contributed by atoms with Gasteiger partial charge in [0.05, 0.1) is 17.4 Å². The van der Waals surface area contributed by atoms with Gasteiger partial charge in [0.1, 0.15) is 5.56 Å². The number of rotatable bonds is 4. The number of aromatic carboxylic acids is 1. The monoisotopic (exact) mass is 450 g/mol. The van der Waals surface area contributed by atoms with E-state index in [2.05, 4.69) is 78.6 Å². The Hall–Kier alpha value is -2.82. The molecule has 1 aromatic carbocycles. The zero-order valence-electron chi connectivity index (χ0n) is 21.3. The van der Waals surface area contributed by atoms with Crippen molar-refractivity contribution in [1.29, 1.82) is 0 Å². The molecule has 0 spiro atoms. The summed E-state index contributed by atoms with van der Waals surface area (Å²) in [7, 11) is 2.08. The summed E-state index contributed by atoms with van der Waals surface area (Å²) in [5.41, 5.74) is 3.65. The average molecular weight is 451 g/mol. The molecule has 2 aromatic rings. The number of hydrogen-bond donors (Lipinski definition) is 1. The zero-order valence-corrected chi connectivity index (χ0v) is 21.3. The molecule has 1 N–H and O–H groups in total. The third-order valence-corrected chi connectivity index (χ3v) is 7.17. The molecule has 1 aromatic heterocycles. The summed E-state index contributed by atoms with van der Waals surface area (Å²) in [6, 6.07) is 8.01. The molecule has 178 valence electrons. The third-order valence-electron chi connectivity index (χ3n) is 7.17. The molecule has 5 heteroatoms. The molecule has 0 saturated heterocycles. The minimum atomic E-state index is -1.18. The third kappa shape index (κ3) is 4.50. The van der Waals surface area contributed by atoms with Crippen LogP contribution in [0.5, 0.6) is 0 Å². The smallest absolute Gasteiger partial charge is 0.341 e. The number of carbonyl (C=O) groups is 1. The van der Waals surface area contributed by atoms with Crippen molar-refractivity contribution in [3.05, 3.63) is 67.9 Å². The summed E-state index contributed by atoms with van der Waals surface area (Å²) in [4.78, 5) is 26.9. The molecule has 0 radical (unpaired) electrons. The van der Waals surface area contributed by atoms with Gasteiger partial charge in [-0.25, -0.2) is 4.79 Å². The summed E-state index contributed by atoms with van der Waals surface area (Å²) in [5, 5.41) is 12.0. The molecule has 3 rings (SSSR count). The molecular weight excluding hydrogens is 412 g/mol. The molecule has 0 bridgehead atoms. The Morgan fingerprint density at radius 1 is 1.24 bits per heavy atom. The summed E-state index contributed by atoms with van der Waals surface area (Å²) in [6.45, 7) is 16.0. The minimum Gasteiger partial charge on any atom is -0.477 e. The van der Waals surface area contributed by atoms with E-state index in [1.54, 1.807) is 6.20 Å². The number of aromatic nitrogens is 1. The van der Waals surface area contributed by atoms with E-state index in [9.17, 15) is 14.7 Å². The highest BCUT2D eigenvalue weighted by molar-refractivity contribution is 5.87. The number of nitrogens with zero attached hydrogens (tertiary/aromatic N) is 2. The molecular formula is C28H38N2O3. The number of carboxylic acid groups (broad SMARTS) is 1. The Bertz CT molecular complexity index is 1250. The van der Waals surface area contributed by atoms with Crippen LogP contribution in [0.4, 0.5) is 0 Å². The van der Waals surface area contributed by atoms with Crippen molar-refractivity contribution in [1.82, 2.24) is 9.47 Å². The van der Waals surface area contributed by atoms with Gasteiger partial charge >= 0.3 is 5.97 Å². The molecule has 0 amide bonds. The predicted octanol–water partition coefficient (Wildman–Crippen LogP) is 4.33. The number of fused-ring (bicyclic) bond motifs is 1. The first-order chi connectivity index (χ1) is 15.4. The number of benzene rings is 1. The van der Waals surface area contributed by atoms with Gasteiger partial charge < -0.3 is 14.6 Å². The van der Waals surface area contributed by atoms with E-state index in [-0.39, 0.29) is 17.0 Å². The van der Waals surface area contributed by atoms with Crippen molar-refractivity contribution in [2.45, 2.75) is 73.3 Å². The highest BCUT2D eigenvalue weighted by Gasteiger charge is 2.35. The molecule has 1 aliphatic heterocycles. The molecule has 33 heavy (non-hydrogen) atoms. The molecule has 2 unspecified atom stereocenters. The first-order valence-electron chi connectivity index (χ1n) is 12.0. The maximum Gasteiger partial charge on any atom is 0.341 e. The Kier molecular flexibility index (Phi) is 6.92. The van der Waals surface area contributed by atoms with Crippen LogP contribution in [0, 0.1) is 5.41 Å². The first-order valence-corrected chi connectivity index (χ1v) is 12.0. The van der Waals surface area contributed by atoms with Crippen molar-refractivity contribution in [2.75, 3.05) is 13.6 Å². The Labute approximate surface area is 197 Å². The predicted molar refractivity (Wildman–Crippen MR) is 135 cm³/mol. The number of likely N-dealkylation sites (N-methyl/N-ethyl adjacent to an activating group) is 1. The van der Waals surface area contributed by atoms with E-state index < -0.39 is 11.4 Å². The van der Waals surface area contributed by atoms with Crippen LogP contribution in [0.2, 0.25) is 0 Å². The van der Waals surface area contributed by atoms with E-state index in [1.807, 2.05) is 4.57 Å². The highest BCUT2D eigenvalue weighted by atomic mass is 16.4. The van der Waals surface area contributed by atoms with Gasteiger partial charge in [0.25, 0.3) is 0 Å².